The van der Waals surface area contributed by atoms with Gasteiger partial charge in [0, 0.05) is 16.7 Å². The molecule has 0 atom stereocenters. The zero-order valence-corrected chi connectivity index (χ0v) is 12.3. The number of rotatable bonds is 4. The molecule has 0 amide bonds. The Balaban J connectivity index is 2.54. The second-order valence-electron chi connectivity index (χ2n) is 4.66. The van der Waals surface area contributed by atoms with Crippen molar-refractivity contribution in [2.45, 2.75) is 20.5 Å². The van der Waals surface area contributed by atoms with Crippen LogP contribution in [0.3, 0.4) is 0 Å². The Kier molecular flexibility index (Phi) is 4.45. The van der Waals surface area contributed by atoms with Crippen LogP contribution in [0.15, 0.2) is 30.3 Å². The zero-order chi connectivity index (χ0) is 15.6. The fraction of sp³-hybridized carbons (Fsp3) is 0.200. The maximum atomic E-state index is 11.2. The Hall–Kier alpha value is -2.11. The van der Waals surface area contributed by atoms with E-state index in [4.69, 9.17) is 16.3 Å². The van der Waals surface area contributed by atoms with E-state index in [9.17, 15) is 15.2 Å². The molecule has 2 aromatic rings. The molecule has 0 aliphatic heterocycles. The maximum absolute atomic E-state index is 11.2. The number of aryl methyl sites for hydroxylation is 2. The summed E-state index contributed by atoms with van der Waals surface area (Å²) in [6.07, 6.45) is 0. The second kappa shape index (κ2) is 6.11. The van der Waals surface area contributed by atoms with Gasteiger partial charge >= 0.3 is 5.69 Å². The van der Waals surface area contributed by atoms with Crippen molar-refractivity contribution in [1.29, 1.82) is 0 Å². The topological polar surface area (TPSA) is 72.6 Å². The van der Waals surface area contributed by atoms with E-state index < -0.39 is 4.92 Å². The van der Waals surface area contributed by atoms with Crippen molar-refractivity contribution in [3.63, 3.8) is 0 Å². The number of hydrogen-bond donors (Lipinski definition) is 1. The Morgan fingerprint density at radius 3 is 2.67 bits per heavy atom. The predicted octanol–water partition coefficient (Wildman–Crippen LogP) is 4.15. The molecule has 5 nitrogen and oxygen atoms in total. The summed E-state index contributed by atoms with van der Waals surface area (Å²) in [6.45, 7) is 3.20. The van der Waals surface area contributed by atoms with Crippen molar-refractivity contribution in [3.8, 4) is 11.5 Å². The molecule has 0 saturated heterocycles. The Labute approximate surface area is 126 Å². The van der Waals surface area contributed by atoms with E-state index in [2.05, 4.69) is 0 Å². The van der Waals surface area contributed by atoms with Crippen LogP contribution in [-0.2, 0) is 6.61 Å². The van der Waals surface area contributed by atoms with E-state index in [1.807, 2.05) is 0 Å². The third-order valence-corrected chi connectivity index (χ3v) is 3.40. The van der Waals surface area contributed by atoms with E-state index in [0.29, 0.717) is 21.9 Å². The van der Waals surface area contributed by atoms with E-state index in [-0.39, 0.29) is 18.0 Å². The first-order valence-corrected chi connectivity index (χ1v) is 6.63. The maximum Gasteiger partial charge on any atom is 0.312 e. The molecule has 2 aromatic carbocycles. The summed E-state index contributed by atoms with van der Waals surface area (Å²) >= 11 is 5.99. The summed E-state index contributed by atoms with van der Waals surface area (Å²) in [5, 5.41) is 20.9. The van der Waals surface area contributed by atoms with Gasteiger partial charge in [0.15, 0.2) is 0 Å². The Morgan fingerprint density at radius 1 is 1.33 bits per heavy atom. The fourth-order valence-corrected chi connectivity index (χ4v) is 2.32. The summed E-state index contributed by atoms with van der Waals surface area (Å²) in [5.41, 5.74) is 1.70. The van der Waals surface area contributed by atoms with Crippen LogP contribution in [0, 0.1) is 24.0 Å². The van der Waals surface area contributed by atoms with Crippen molar-refractivity contribution in [3.05, 3.63) is 62.2 Å². The van der Waals surface area contributed by atoms with Crippen LogP contribution >= 0.6 is 11.6 Å². The summed E-state index contributed by atoms with van der Waals surface area (Å²) < 4.78 is 5.67. The highest BCUT2D eigenvalue weighted by Crippen LogP contribution is 2.38. The lowest BCUT2D eigenvalue weighted by molar-refractivity contribution is -0.385. The molecule has 110 valence electrons. The molecule has 1 N–H and O–H groups in total. The minimum absolute atomic E-state index is 0.114. The highest BCUT2D eigenvalue weighted by atomic mass is 35.5. The van der Waals surface area contributed by atoms with Gasteiger partial charge in [-0.3, -0.25) is 10.1 Å². The largest absolute Gasteiger partial charge is 0.449 e. The molecule has 0 unspecified atom stereocenters. The lowest BCUT2D eigenvalue weighted by atomic mass is 10.1. The molecule has 21 heavy (non-hydrogen) atoms. The summed E-state index contributed by atoms with van der Waals surface area (Å²) in [4.78, 5) is 10.7. The van der Waals surface area contributed by atoms with Crippen LogP contribution in [0.5, 0.6) is 11.5 Å². The molecule has 0 aromatic heterocycles. The van der Waals surface area contributed by atoms with E-state index >= 15 is 0 Å². The van der Waals surface area contributed by atoms with E-state index in [1.165, 1.54) is 6.07 Å². The van der Waals surface area contributed by atoms with Crippen LogP contribution in [0.1, 0.15) is 16.7 Å². The summed E-state index contributed by atoms with van der Waals surface area (Å²) in [7, 11) is 0. The van der Waals surface area contributed by atoms with Crippen molar-refractivity contribution in [2.24, 2.45) is 0 Å². The molecule has 0 aliphatic rings. The van der Waals surface area contributed by atoms with Crippen LogP contribution in [0.4, 0.5) is 5.69 Å². The molecular weight excluding hydrogens is 294 g/mol. The first-order chi connectivity index (χ1) is 9.93. The average molecular weight is 308 g/mol. The Morgan fingerprint density at radius 2 is 2.05 bits per heavy atom. The van der Waals surface area contributed by atoms with E-state index in [0.717, 1.165) is 5.56 Å². The molecule has 0 heterocycles. The van der Waals surface area contributed by atoms with Gasteiger partial charge in [-0.1, -0.05) is 23.7 Å². The number of nitro groups is 1. The normalized spacial score (nSPS) is 10.5. The number of nitro benzene ring substituents is 1. The minimum Gasteiger partial charge on any atom is -0.449 e. The van der Waals surface area contributed by atoms with Gasteiger partial charge in [-0.05, 0) is 37.1 Å². The van der Waals surface area contributed by atoms with Crippen molar-refractivity contribution in [2.75, 3.05) is 0 Å². The first-order valence-electron chi connectivity index (χ1n) is 6.25. The number of aliphatic hydroxyl groups excluding tert-OH is 1. The minimum atomic E-state index is -0.488. The molecular formula is C15H14ClNO4. The molecule has 0 saturated carbocycles. The monoisotopic (exact) mass is 307 g/mol. The number of hydrogen-bond acceptors (Lipinski definition) is 4. The zero-order valence-electron chi connectivity index (χ0n) is 11.6. The third kappa shape index (κ3) is 3.15. The van der Waals surface area contributed by atoms with Crippen LogP contribution in [0.25, 0.3) is 0 Å². The number of ether oxygens (including phenoxy) is 1. The number of benzene rings is 2. The molecule has 0 spiro atoms. The highest BCUT2D eigenvalue weighted by molar-refractivity contribution is 6.31. The predicted molar refractivity (Wildman–Crippen MR) is 80.0 cm³/mol. The fourth-order valence-electron chi connectivity index (χ4n) is 2.10. The Bertz CT molecular complexity index is 700. The smallest absolute Gasteiger partial charge is 0.312 e. The SMILES string of the molecule is Cc1cc(C)c(Oc2cccc(Cl)c2CO)c([N+](=O)[O-])c1. The van der Waals surface area contributed by atoms with Gasteiger partial charge in [0.05, 0.1) is 11.5 Å². The van der Waals surface area contributed by atoms with Crippen molar-refractivity contribution < 1.29 is 14.8 Å². The van der Waals surface area contributed by atoms with Gasteiger partial charge in [-0.15, -0.1) is 0 Å². The van der Waals surface area contributed by atoms with Crippen LogP contribution in [-0.4, -0.2) is 10.0 Å². The highest BCUT2D eigenvalue weighted by Gasteiger charge is 2.20. The standard InChI is InChI=1S/C15H14ClNO4/c1-9-6-10(2)15(13(7-9)17(19)20)21-14-5-3-4-12(16)11(14)8-18/h3-7,18H,8H2,1-2H3. The molecule has 6 heteroatoms. The number of aliphatic hydroxyl groups is 1. The molecule has 0 fully saturated rings. The third-order valence-electron chi connectivity index (χ3n) is 3.04. The van der Waals surface area contributed by atoms with Crippen molar-refractivity contribution in [1.82, 2.24) is 0 Å². The van der Waals surface area contributed by atoms with E-state index in [1.54, 1.807) is 38.1 Å². The molecule has 0 radical (unpaired) electrons. The van der Waals surface area contributed by atoms with Gasteiger partial charge in [0.2, 0.25) is 5.75 Å². The van der Waals surface area contributed by atoms with Gasteiger partial charge in [-0.25, -0.2) is 0 Å². The lowest BCUT2D eigenvalue weighted by Gasteiger charge is -2.13. The quantitative estimate of drug-likeness (QED) is 0.680. The van der Waals surface area contributed by atoms with Gasteiger partial charge in [0.25, 0.3) is 0 Å². The molecule has 0 aliphatic carbocycles. The lowest BCUT2D eigenvalue weighted by Crippen LogP contribution is -1.99. The van der Waals surface area contributed by atoms with Crippen molar-refractivity contribution >= 4 is 17.3 Å². The number of nitrogens with zero attached hydrogens (tertiary/aromatic N) is 1. The summed E-state index contributed by atoms with van der Waals surface area (Å²) in [6, 6.07) is 8.14. The first kappa shape index (κ1) is 15.3. The van der Waals surface area contributed by atoms with Gasteiger partial charge in [0.1, 0.15) is 5.75 Å². The molecule has 0 bridgehead atoms. The van der Waals surface area contributed by atoms with Crippen LogP contribution in [0.2, 0.25) is 5.02 Å². The average Bonchev–Trinajstić information content (AvgIpc) is 2.41. The van der Waals surface area contributed by atoms with Crippen LogP contribution < -0.4 is 4.74 Å². The van der Waals surface area contributed by atoms with Gasteiger partial charge in [-0.2, -0.15) is 0 Å². The number of halogens is 1. The summed E-state index contributed by atoms with van der Waals surface area (Å²) in [5.74, 6) is 0.461. The van der Waals surface area contributed by atoms with Gasteiger partial charge < -0.3 is 9.84 Å². The molecule has 2 rings (SSSR count). The second-order valence-corrected chi connectivity index (χ2v) is 5.07.